The quantitative estimate of drug-likeness (QED) is 0.904. The molecule has 0 aliphatic heterocycles. The van der Waals surface area contributed by atoms with E-state index in [1.807, 2.05) is 48.3 Å². The molecular weight excluding hydrogens is 312 g/mol. The smallest absolute Gasteiger partial charge is 0.251 e. The van der Waals surface area contributed by atoms with Gasteiger partial charge in [0.05, 0.1) is 11.9 Å². The zero-order valence-corrected chi connectivity index (χ0v) is 14.7. The van der Waals surface area contributed by atoms with Crippen molar-refractivity contribution in [2.45, 2.75) is 51.1 Å². The van der Waals surface area contributed by atoms with E-state index in [0.29, 0.717) is 23.4 Å². The summed E-state index contributed by atoms with van der Waals surface area (Å²) < 4.78 is 1.82. The Balaban J connectivity index is 1.46. The molecule has 1 aromatic carbocycles. The summed E-state index contributed by atoms with van der Waals surface area (Å²) in [6.07, 6.45) is 9.53. The number of benzene rings is 1. The molecule has 2 bridgehead atoms. The van der Waals surface area contributed by atoms with Crippen molar-refractivity contribution in [1.82, 2.24) is 15.1 Å². The fourth-order valence-corrected chi connectivity index (χ4v) is 4.58. The average Bonchev–Trinajstić information content (AvgIpc) is 3.02. The second-order valence-corrected chi connectivity index (χ2v) is 7.69. The SMILES string of the molecule is Cc1cnn(-c2ccc(C(=O)NC3C4CCCC3CC(N)C4)cc2)c1. The van der Waals surface area contributed by atoms with Crippen LogP contribution in [0.3, 0.4) is 0 Å². The third-order valence-corrected chi connectivity index (χ3v) is 5.78. The van der Waals surface area contributed by atoms with Crippen molar-refractivity contribution in [3.05, 3.63) is 47.8 Å². The summed E-state index contributed by atoms with van der Waals surface area (Å²) in [5.41, 5.74) is 8.97. The van der Waals surface area contributed by atoms with Gasteiger partial charge < -0.3 is 11.1 Å². The molecule has 4 rings (SSSR count). The van der Waals surface area contributed by atoms with Crippen LogP contribution in [0.2, 0.25) is 0 Å². The maximum atomic E-state index is 12.7. The number of fused-ring (bicyclic) bond motifs is 2. The molecule has 0 spiro atoms. The van der Waals surface area contributed by atoms with Crippen molar-refractivity contribution in [3.8, 4) is 5.69 Å². The first-order valence-electron chi connectivity index (χ1n) is 9.28. The van der Waals surface area contributed by atoms with Gasteiger partial charge in [0.1, 0.15) is 0 Å². The molecule has 2 aliphatic carbocycles. The number of nitrogens with zero attached hydrogens (tertiary/aromatic N) is 2. The van der Waals surface area contributed by atoms with Crippen molar-refractivity contribution >= 4 is 5.91 Å². The molecule has 5 nitrogen and oxygen atoms in total. The van der Waals surface area contributed by atoms with E-state index in [1.54, 1.807) is 0 Å². The summed E-state index contributed by atoms with van der Waals surface area (Å²) in [7, 11) is 0. The predicted octanol–water partition coefficient (Wildman–Crippen LogP) is 2.82. The number of rotatable bonds is 3. The van der Waals surface area contributed by atoms with Crippen molar-refractivity contribution in [2.24, 2.45) is 17.6 Å². The number of carbonyl (C=O) groups excluding carboxylic acids is 1. The predicted molar refractivity (Wildman–Crippen MR) is 97.6 cm³/mol. The highest BCUT2D eigenvalue weighted by Crippen LogP contribution is 2.39. The normalized spacial score (nSPS) is 28.6. The highest BCUT2D eigenvalue weighted by molar-refractivity contribution is 5.94. The molecule has 2 saturated carbocycles. The van der Waals surface area contributed by atoms with E-state index >= 15 is 0 Å². The topological polar surface area (TPSA) is 72.9 Å². The number of hydrogen-bond acceptors (Lipinski definition) is 3. The summed E-state index contributed by atoms with van der Waals surface area (Å²) >= 11 is 0. The Kier molecular flexibility index (Phi) is 4.34. The second-order valence-electron chi connectivity index (χ2n) is 7.69. The van der Waals surface area contributed by atoms with Gasteiger partial charge in [-0.05, 0) is 74.3 Å². The molecule has 2 aliphatic rings. The standard InChI is InChI=1S/C20H26N4O/c1-13-11-22-24(12-13)18-7-5-14(6-8-18)20(25)23-19-15-3-2-4-16(19)10-17(21)9-15/h5-8,11-12,15-17,19H,2-4,9-10,21H2,1H3,(H,23,25). The first-order valence-corrected chi connectivity index (χ1v) is 9.28. The second kappa shape index (κ2) is 6.64. The molecule has 0 radical (unpaired) electrons. The lowest BCUT2D eigenvalue weighted by molar-refractivity contribution is 0.0756. The van der Waals surface area contributed by atoms with Crippen LogP contribution in [-0.4, -0.2) is 27.8 Å². The molecule has 1 aromatic heterocycles. The first kappa shape index (κ1) is 16.3. The average molecular weight is 338 g/mol. The number of amides is 1. The van der Waals surface area contributed by atoms with Crippen LogP contribution in [0.4, 0.5) is 0 Å². The molecule has 0 saturated heterocycles. The molecule has 1 heterocycles. The van der Waals surface area contributed by atoms with Crippen LogP contribution in [0.1, 0.15) is 48.0 Å². The summed E-state index contributed by atoms with van der Waals surface area (Å²) in [6, 6.07) is 8.24. The third kappa shape index (κ3) is 3.33. The zero-order valence-electron chi connectivity index (χ0n) is 14.7. The number of nitrogens with one attached hydrogen (secondary N) is 1. The fraction of sp³-hybridized carbons (Fsp3) is 0.500. The van der Waals surface area contributed by atoms with Crippen LogP contribution in [-0.2, 0) is 0 Å². The highest BCUT2D eigenvalue weighted by atomic mass is 16.1. The number of nitrogens with two attached hydrogens (primary N) is 1. The Bertz CT molecular complexity index is 737. The van der Waals surface area contributed by atoms with Gasteiger partial charge >= 0.3 is 0 Å². The molecule has 2 fully saturated rings. The summed E-state index contributed by atoms with van der Waals surface area (Å²) in [4.78, 5) is 12.7. The minimum atomic E-state index is 0.0283. The Morgan fingerprint density at radius 1 is 1.20 bits per heavy atom. The van der Waals surface area contributed by atoms with E-state index in [9.17, 15) is 4.79 Å². The number of hydrogen-bond donors (Lipinski definition) is 2. The molecule has 2 aromatic rings. The third-order valence-electron chi connectivity index (χ3n) is 5.78. The highest BCUT2D eigenvalue weighted by Gasteiger charge is 2.39. The number of aromatic nitrogens is 2. The Hall–Kier alpha value is -2.14. The van der Waals surface area contributed by atoms with Crippen molar-refractivity contribution in [1.29, 1.82) is 0 Å². The van der Waals surface area contributed by atoms with E-state index < -0.39 is 0 Å². The van der Waals surface area contributed by atoms with Gasteiger partial charge in [0.15, 0.2) is 0 Å². The molecule has 2 unspecified atom stereocenters. The van der Waals surface area contributed by atoms with E-state index in [1.165, 1.54) is 19.3 Å². The van der Waals surface area contributed by atoms with Crippen molar-refractivity contribution in [3.63, 3.8) is 0 Å². The Morgan fingerprint density at radius 2 is 1.88 bits per heavy atom. The maximum Gasteiger partial charge on any atom is 0.251 e. The molecule has 2 atom stereocenters. The van der Waals surface area contributed by atoms with Crippen molar-refractivity contribution < 1.29 is 4.79 Å². The number of carbonyl (C=O) groups is 1. The molecule has 3 N–H and O–H groups in total. The van der Waals surface area contributed by atoms with Crippen LogP contribution in [0, 0.1) is 18.8 Å². The first-order chi connectivity index (χ1) is 12.1. The van der Waals surface area contributed by atoms with Gasteiger partial charge in [0, 0.05) is 23.8 Å². The molecule has 25 heavy (non-hydrogen) atoms. The molecular formula is C20H26N4O. The monoisotopic (exact) mass is 338 g/mol. The summed E-state index contributed by atoms with van der Waals surface area (Å²) in [5, 5.41) is 7.61. The Morgan fingerprint density at radius 3 is 2.48 bits per heavy atom. The van der Waals surface area contributed by atoms with E-state index in [0.717, 1.165) is 24.1 Å². The van der Waals surface area contributed by atoms with Crippen LogP contribution < -0.4 is 11.1 Å². The van der Waals surface area contributed by atoms with Crippen LogP contribution in [0.5, 0.6) is 0 Å². The Labute approximate surface area is 148 Å². The lowest BCUT2D eigenvalue weighted by atomic mass is 9.67. The fourth-order valence-electron chi connectivity index (χ4n) is 4.58. The van der Waals surface area contributed by atoms with Gasteiger partial charge in [-0.1, -0.05) is 6.42 Å². The minimum Gasteiger partial charge on any atom is -0.349 e. The van der Waals surface area contributed by atoms with E-state index in [4.69, 9.17) is 5.73 Å². The summed E-state index contributed by atoms with van der Waals surface area (Å²) in [5.74, 6) is 1.11. The van der Waals surface area contributed by atoms with Gasteiger partial charge in [0.2, 0.25) is 0 Å². The lowest BCUT2D eigenvalue weighted by Crippen LogP contribution is -2.53. The van der Waals surface area contributed by atoms with Crippen LogP contribution in [0.15, 0.2) is 36.7 Å². The van der Waals surface area contributed by atoms with Crippen LogP contribution in [0.25, 0.3) is 5.69 Å². The van der Waals surface area contributed by atoms with Gasteiger partial charge in [0.25, 0.3) is 5.91 Å². The minimum absolute atomic E-state index is 0.0283. The van der Waals surface area contributed by atoms with Gasteiger partial charge in [-0.2, -0.15) is 5.10 Å². The lowest BCUT2D eigenvalue weighted by Gasteiger charge is -2.45. The zero-order chi connectivity index (χ0) is 17.4. The molecule has 132 valence electrons. The van der Waals surface area contributed by atoms with E-state index in [-0.39, 0.29) is 11.9 Å². The molecule has 5 heteroatoms. The largest absolute Gasteiger partial charge is 0.349 e. The summed E-state index contributed by atoms with van der Waals surface area (Å²) in [6.45, 7) is 2.01. The number of aryl methyl sites for hydroxylation is 1. The maximum absolute atomic E-state index is 12.7. The van der Waals surface area contributed by atoms with Gasteiger partial charge in [-0.3, -0.25) is 4.79 Å². The van der Waals surface area contributed by atoms with E-state index in [2.05, 4.69) is 10.4 Å². The van der Waals surface area contributed by atoms with Gasteiger partial charge in [-0.15, -0.1) is 0 Å². The van der Waals surface area contributed by atoms with Crippen molar-refractivity contribution in [2.75, 3.05) is 0 Å². The van der Waals surface area contributed by atoms with Crippen LogP contribution >= 0.6 is 0 Å². The molecule has 1 amide bonds. The van der Waals surface area contributed by atoms with Gasteiger partial charge in [-0.25, -0.2) is 4.68 Å².